The second kappa shape index (κ2) is 9.99. The molecule has 1 aliphatic heterocycles. The summed E-state index contributed by atoms with van der Waals surface area (Å²) in [6.45, 7) is 10.9. The number of carbonyl (C=O) groups excluding carboxylic acids is 1. The van der Waals surface area contributed by atoms with Crippen LogP contribution in [0.15, 0.2) is 29.3 Å². The van der Waals surface area contributed by atoms with Crippen molar-refractivity contribution in [3.63, 3.8) is 0 Å². The molecule has 7 heteroatoms. The molecule has 1 aromatic carbocycles. The van der Waals surface area contributed by atoms with Crippen LogP contribution in [0.5, 0.6) is 0 Å². The zero-order valence-electron chi connectivity index (χ0n) is 16.2. The molecule has 0 spiro atoms. The van der Waals surface area contributed by atoms with Crippen molar-refractivity contribution in [2.75, 3.05) is 32.7 Å². The van der Waals surface area contributed by atoms with Gasteiger partial charge in [0.15, 0.2) is 5.96 Å². The average Bonchev–Trinajstić information content (AvgIpc) is 2.55. The molecule has 0 aromatic heterocycles. The van der Waals surface area contributed by atoms with E-state index in [2.05, 4.69) is 36.2 Å². The van der Waals surface area contributed by atoms with E-state index in [4.69, 9.17) is 10.5 Å². The molecule has 2 rings (SSSR count). The molecule has 1 amide bonds. The normalized spacial score (nSPS) is 15.5. The standard InChI is InChI=1S/C19H30N4O2.HI/c1-15-5-7-16(8-6-15)9-10-21-17(20)22-11-13-23(14-12-22)18(24)25-19(2,3)4;/h5-8H,9-14H2,1-4H3,(H2,20,21);1H. The lowest BCUT2D eigenvalue weighted by atomic mass is 10.1. The number of benzene rings is 1. The fourth-order valence-corrected chi connectivity index (χ4v) is 2.60. The fraction of sp³-hybridized carbons (Fsp3) is 0.579. The number of hydrogen-bond donors (Lipinski definition) is 1. The van der Waals surface area contributed by atoms with Crippen LogP contribution in [0.3, 0.4) is 0 Å². The van der Waals surface area contributed by atoms with Gasteiger partial charge in [-0.1, -0.05) is 29.8 Å². The molecule has 2 N–H and O–H groups in total. The number of guanidine groups is 1. The maximum Gasteiger partial charge on any atom is 0.410 e. The van der Waals surface area contributed by atoms with Crippen LogP contribution >= 0.6 is 24.0 Å². The monoisotopic (exact) mass is 474 g/mol. The first-order valence-corrected chi connectivity index (χ1v) is 8.83. The Kier molecular flexibility index (Phi) is 8.66. The predicted molar refractivity (Wildman–Crippen MR) is 116 cm³/mol. The molecule has 146 valence electrons. The highest BCUT2D eigenvalue weighted by atomic mass is 127. The van der Waals surface area contributed by atoms with E-state index in [1.54, 1.807) is 4.90 Å². The summed E-state index contributed by atoms with van der Waals surface area (Å²) in [7, 11) is 0. The van der Waals surface area contributed by atoms with Gasteiger partial charge >= 0.3 is 6.09 Å². The van der Waals surface area contributed by atoms with Crippen molar-refractivity contribution < 1.29 is 9.53 Å². The van der Waals surface area contributed by atoms with Gasteiger partial charge in [-0.3, -0.25) is 4.99 Å². The number of aryl methyl sites for hydroxylation is 1. The number of hydrogen-bond acceptors (Lipinski definition) is 3. The first-order valence-electron chi connectivity index (χ1n) is 8.83. The smallest absolute Gasteiger partial charge is 0.410 e. The van der Waals surface area contributed by atoms with E-state index in [1.165, 1.54) is 11.1 Å². The molecule has 1 aromatic rings. The summed E-state index contributed by atoms with van der Waals surface area (Å²) in [4.78, 5) is 20.3. The number of piperazine rings is 1. The Morgan fingerprint density at radius 1 is 1.12 bits per heavy atom. The number of ether oxygens (including phenoxy) is 1. The molecule has 0 saturated carbocycles. The molecule has 0 unspecified atom stereocenters. The highest BCUT2D eigenvalue weighted by Crippen LogP contribution is 2.12. The van der Waals surface area contributed by atoms with E-state index in [0.29, 0.717) is 38.7 Å². The SMILES string of the molecule is Cc1ccc(CCN=C(N)N2CCN(C(=O)OC(C)(C)C)CC2)cc1.I. The van der Waals surface area contributed by atoms with Gasteiger partial charge in [0.1, 0.15) is 5.60 Å². The molecular weight excluding hydrogens is 443 g/mol. The van der Waals surface area contributed by atoms with E-state index in [1.807, 2.05) is 25.7 Å². The van der Waals surface area contributed by atoms with Gasteiger partial charge in [0.25, 0.3) is 0 Å². The Hall–Kier alpha value is -1.51. The molecule has 1 saturated heterocycles. The first-order chi connectivity index (χ1) is 11.7. The first kappa shape index (κ1) is 22.5. The largest absolute Gasteiger partial charge is 0.444 e. The minimum absolute atomic E-state index is 0. The molecule has 0 atom stereocenters. The molecule has 6 nitrogen and oxygen atoms in total. The van der Waals surface area contributed by atoms with Gasteiger partial charge in [-0.05, 0) is 39.7 Å². The molecule has 0 radical (unpaired) electrons. The lowest BCUT2D eigenvalue weighted by Crippen LogP contribution is -2.53. The number of aliphatic imine (C=N–C) groups is 1. The molecule has 1 heterocycles. The van der Waals surface area contributed by atoms with Crippen molar-refractivity contribution in [1.82, 2.24) is 9.80 Å². The maximum atomic E-state index is 12.1. The Morgan fingerprint density at radius 2 is 1.65 bits per heavy atom. The molecular formula is C19H31IN4O2. The molecule has 1 fully saturated rings. The summed E-state index contributed by atoms with van der Waals surface area (Å²) in [5, 5.41) is 0. The third-order valence-corrected chi connectivity index (χ3v) is 4.05. The van der Waals surface area contributed by atoms with Crippen LogP contribution in [0.4, 0.5) is 4.79 Å². The summed E-state index contributed by atoms with van der Waals surface area (Å²) in [6, 6.07) is 8.47. The summed E-state index contributed by atoms with van der Waals surface area (Å²) in [5.74, 6) is 0.552. The van der Waals surface area contributed by atoms with Crippen molar-refractivity contribution in [3.8, 4) is 0 Å². The van der Waals surface area contributed by atoms with E-state index >= 15 is 0 Å². The summed E-state index contributed by atoms with van der Waals surface area (Å²) in [5.41, 5.74) is 8.15. The van der Waals surface area contributed by atoms with Gasteiger partial charge in [-0.25, -0.2) is 4.79 Å². The van der Waals surface area contributed by atoms with Crippen molar-refractivity contribution in [1.29, 1.82) is 0 Å². The lowest BCUT2D eigenvalue weighted by molar-refractivity contribution is 0.0186. The summed E-state index contributed by atoms with van der Waals surface area (Å²) >= 11 is 0. The number of rotatable bonds is 3. The zero-order chi connectivity index (χ0) is 18.4. The molecule has 26 heavy (non-hydrogen) atoms. The Morgan fingerprint density at radius 3 is 2.19 bits per heavy atom. The highest BCUT2D eigenvalue weighted by molar-refractivity contribution is 14.0. The quantitative estimate of drug-likeness (QED) is 0.416. The molecule has 0 bridgehead atoms. The molecule has 0 aliphatic carbocycles. The number of amides is 1. The van der Waals surface area contributed by atoms with Gasteiger partial charge in [0.05, 0.1) is 0 Å². The van der Waals surface area contributed by atoms with Crippen molar-refractivity contribution in [2.24, 2.45) is 10.7 Å². The van der Waals surface area contributed by atoms with Gasteiger partial charge < -0.3 is 20.3 Å². The van der Waals surface area contributed by atoms with E-state index in [0.717, 1.165) is 6.42 Å². The van der Waals surface area contributed by atoms with Crippen LogP contribution in [0.2, 0.25) is 0 Å². The van der Waals surface area contributed by atoms with Crippen molar-refractivity contribution in [3.05, 3.63) is 35.4 Å². The molecule has 1 aliphatic rings. The van der Waals surface area contributed by atoms with E-state index in [9.17, 15) is 4.79 Å². The number of nitrogens with zero attached hydrogens (tertiary/aromatic N) is 3. The fourth-order valence-electron chi connectivity index (χ4n) is 2.60. The second-order valence-electron chi connectivity index (χ2n) is 7.43. The Bertz CT molecular complexity index is 603. The zero-order valence-corrected chi connectivity index (χ0v) is 18.5. The number of halogens is 1. The number of carbonyl (C=O) groups is 1. The predicted octanol–water partition coefficient (Wildman–Crippen LogP) is 3.02. The highest BCUT2D eigenvalue weighted by Gasteiger charge is 2.26. The van der Waals surface area contributed by atoms with E-state index in [-0.39, 0.29) is 30.1 Å². The van der Waals surface area contributed by atoms with Gasteiger partial charge in [-0.15, -0.1) is 24.0 Å². The Labute approximate surface area is 173 Å². The van der Waals surface area contributed by atoms with Crippen LogP contribution in [-0.2, 0) is 11.2 Å². The van der Waals surface area contributed by atoms with Crippen LogP contribution in [0.25, 0.3) is 0 Å². The van der Waals surface area contributed by atoms with Crippen LogP contribution in [0, 0.1) is 6.92 Å². The van der Waals surface area contributed by atoms with Crippen LogP contribution in [-0.4, -0.2) is 60.2 Å². The van der Waals surface area contributed by atoms with Crippen molar-refractivity contribution >= 4 is 36.0 Å². The third kappa shape index (κ3) is 7.39. The van der Waals surface area contributed by atoms with E-state index < -0.39 is 5.60 Å². The third-order valence-electron chi connectivity index (χ3n) is 4.05. The van der Waals surface area contributed by atoms with Crippen LogP contribution in [0.1, 0.15) is 31.9 Å². The summed E-state index contributed by atoms with van der Waals surface area (Å²) < 4.78 is 5.40. The van der Waals surface area contributed by atoms with Gasteiger partial charge in [0, 0.05) is 32.7 Å². The van der Waals surface area contributed by atoms with Crippen molar-refractivity contribution in [2.45, 2.75) is 39.7 Å². The topological polar surface area (TPSA) is 71.2 Å². The average molecular weight is 474 g/mol. The summed E-state index contributed by atoms with van der Waals surface area (Å²) in [6.07, 6.45) is 0.612. The Balaban J connectivity index is 0.00000338. The van der Waals surface area contributed by atoms with Gasteiger partial charge in [0.2, 0.25) is 0 Å². The minimum Gasteiger partial charge on any atom is -0.444 e. The second-order valence-corrected chi connectivity index (χ2v) is 7.43. The van der Waals surface area contributed by atoms with Crippen LogP contribution < -0.4 is 5.73 Å². The number of nitrogens with two attached hydrogens (primary N) is 1. The van der Waals surface area contributed by atoms with Gasteiger partial charge in [-0.2, -0.15) is 0 Å². The minimum atomic E-state index is -0.468. The lowest BCUT2D eigenvalue weighted by Gasteiger charge is -2.36. The maximum absolute atomic E-state index is 12.1.